The fourth-order valence-corrected chi connectivity index (χ4v) is 7.03. The molecule has 1 aromatic rings. The molecule has 126 valence electrons. The molecule has 0 aromatic heterocycles. The van der Waals surface area contributed by atoms with Gasteiger partial charge in [0, 0.05) is 0 Å². The molecule has 0 N–H and O–H groups in total. The van der Waals surface area contributed by atoms with Crippen molar-refractivity contribution < 1.29 is 35.9 Å². The number of alkyl halides is 2. The van der Waals surface area contributed by atoms with Gasteiger partial charge in [0.25, 0.3) is 0 Å². The fraction of sp³-hybridized carbons (Fsp3) is 0.556. The Balaban J connectivity index is 1.59. The van der Waals surface area contributed by atoms with Crippen LogP contribution in [0.2, 0.25) is 0 Å². The number of carbonyl (C=O) groups excluding carboxylic acids is 2. The molecule has 0 saturated carbocycles. The van der Waals surface area contributed by atoms with E-state index in [1.165, 1.54) is 15.3 Å². The summed E-state index contributed by atoms with van der Waals surface area (Å²) in [6, 6.07) is 9.47. The first kappa shape index (κ1) is 16.7. The number of hydrogen-bond donors (Lipinski definition) is 0. The number of hydrogen-bond acceptors (Lipinski definition) is 3. The third kappa shape index (κ3) is 4.25. The number of carboxylic acids is 1. The van der Waals surface area contributed by atoms with Gasteiger partial charge in [-0.15, -0.1) is 0 Å². The Kier molecular flexibility index (Phi) is 5.56. The summed E-state index contributed by atoms with van der Waals surface area (Å²) in [7, 11) is 0. The van der Waals surface area contributed by atoms with Gasteiger partial charge in [-0.3, -0.25) is 0 Å². The third-order valence-electron chi connectivity index (χ3n) is 4.93. The van der Waals surface area contributed by atoms with E-state index in [1.54, 1.807) is 0 Å². The number of nitrogens with zero attached hydrogens (tertiary/aromatic N) is 1. The van der Waals surface area contributed by atoms with Crippen LogP contribution >= 0.6 is 0 Å². The van der Waals surface area contributed by atoms with E-state index in [1.807, 2.05) is 35.2 Å². The van der Waals surface area contributed by atoms with Crippen molar-refractivity contribution in [2.75, 3.05) is 21.9 Å². The molecule has 4 nitrogen and oxygen atoms in total. The Morgan fingerprint density at radius 3 is 2.65 bits per heavy atom. The Bertz CT molecular complexity index is 549. The second-order valence-electron chi connectivity index (χ2n) is 6.55. The molecule has 23 heavy (non-hydrogen) atoms. The van der Waals surface area contributed by atoms with E-state index < -0.39 is 11.9 Å². The molecule has 2 saturated heterocycles. The predicted octanol–water partition coefficient (Wildman–Crippen LogP) is -2.45. The summed E-state index contributed by atoms with van der Waals surface area (Å²) in [5, 5.41) is 11.4. The van der Waals surface area contributed by atoms with Gasteiger partial charge in [0.05, 0.1) is 0 Å². The van der Waals surface area contributed by atoms with Crippen LogP contribution in [0, 0.1) is 17.8 Å². The fourth-order valence-electron chi connectivity index (χ4n) is 3.56. The van der Waals surface area contributed by atoms with E-state index in [-0.39, 0.29) is 12.3 Å². The molecule has 2 aliphatic rings. The van der Waals surface area contributed by atoms with Gasteiger partial charge in [-0.1, -0.05) is 0 Å². The topological polar surface area (TPSA) is 60.4 Å². The SMILES string of the molecule is O=C([O-])[C@H](CC(=O)N1C[C@H]2C[I-]CC[C@H]2C1)Cc1ccccc1. The van der Waals surface area contributed by atoms with E-state index in [0.717, 1.165) is 18.7 Å². The van der Waals surface area contributed by atoms with Crippen molar-refractivity contribution in [3.05, 3.63) is 35.9 Å². The zero-order chi connectivity index (χ0) is 16.2. The number of likely N-dealkylation sites (tertiary alicyclic amines) is 1. The first-order chi connectivity index (χ1) is 11.1. The Hall–Kier alpha value is -1.11. The van der Waals surface area contributed by atoms with Crippen LogP contribution in [0.25, 0.3) is 0 Å². The van der Waals surface area contributed by atoms with E-state index in [9.17, 15) is 14.7 Å². The quantitative estimate of drug-likeness (QED) is 0.388. The van der Waals surface area contributed by atoms with Crippen LogP contribution in [-0.4, -0.2) is 38.7 Å². The third-order valence-corrected chi connectivity index (χ3v) is 8.07. The molecular formula is C18H22INO3-2. The van der Waals surface area contributed by atoms with Crippen molar-refractivity contribution in [3.8, 4) is 0 Å². The van der Waals surface area contributed by atoms with Gasteiger partial charge in [0.15, 0.2) is 0 Å². The van der Waals surface area contributed by atoms with Crippen molar-refractivity contribution in [3.63, 3.8) is 0 Å². The molecule has 0 spiro atoms. The molecule has 1 amide bonds. The van der Waals surface area contributed by atoms with Gasteiger partial charge in [-0.2, -0.15) is 0 Å². The molecule has 0 bridgehead atoms. The van der Waals surface area contributed by atoms with Gasteiger partial charge < -0.3 is 0 Å². The zero-order valence-electron chi connectivity index (χ0n) is 13.1. The summed E-state index contributed by atoms with van der Waals surface area (Å²) in [6.45, 7) is 1.67. The van der Waals surface area contributed by atoms with Crippen LogP contribution in [0.15, 0.2) is 30.3 Å². The van der Waals surface area contributed by atoms with Crippen LogP contribution in [-0.2, 0) is 16.0 Å². The monoisotopic (exact) mass is 427 g/mol. The molecule has 3 rings (SSSR count). The maximum atomic E-state index is 12.5. The number of rotatable bonds is 5. The normalized spacial score (nSPS) is 25.3. The zero-order valence-corrected chi connectivity index (χ0v) is 15.3. The molecule has 0 radical (unpaired) electrons. The molecule has 2 aliphatic heterocycles. The van der Waals surface area contributed by atoms with Crippen LogP contribution in [0.5, 0.6) is 0 Å². The van der Waals surface area contributed by atoms with Crippen LogP contribution in [0.4, 0.5) is 0 Å². The standard InChI is InChI=1S/C18H23INO3/c21-17(20-11-14-6-7-19-10-16(14)12-20)9-15(18(22)23)8-13-4-2-1-3-5-13/h1-5,14-16H,6-12H2,(H,22,23)/q-1/p-1/t14-,15-,16+/m0/s1. The van der Waals surface area contributed by atoms with Gasteiger partial charge >= 0.3 is 148 Å². The minimum absolute atomic E-state index is 0.0114. The predicted molar refractivity (Wildman–Crippen MR) is 81.2 cm³/mol. The van der Waals surface area contributed by atoms with Crippen molar-refractivity contribution >= 4 is 11.9 Å². The van der Waals surface area contributed by atoms with Gasteiger partial charge in [0.1, 0.15) is 0 Å². The minimum atomic E-state index is -1.12. The molecule has 1 aromatic carbocycles. The second kappa shape index (κ2) is 7.64. The van der Waals surface area contributed by atoms with E-state index >= 15 is 0 Å². The molecule has 2 fully saturated rings. The average Bonchev–Trinajstić information content (AvgIpc) is 2.99. The number of fused-ring (bicyclic) bond motifs is 1. The number of halogens is 1. The van der Waals surface area contributed by atoms with Gasteiger partial charge in [-0.25, -0.2) is 0 Å². The van der Waals surface area contributed by atoms with Crippen molar-refractivity contribution in [2.45, 2.75) is 19.3 Å². The molecule has 0 aliphatic carbocycles. The van der Waals surface area contributed by atoms with Crippen molar-refractivity contribution in [2.24, 2.45) is 17.8 Å². The van der Waals surface area contributed by atoms with Crippen LogP contribution in [0.1, 0.15) is 18.4 Å². The van der Waals surface area contributed by atoms with E-state index in [0.29, 0.717) is 39.5 Å². The summed E-state index contributed by atoms with van der Waals surface area (Å²) in [5.74, 6) is -0.536. The molecular weight excluding hydrogens is 405 g/mol. The summed E-state index contributed by atoms with van der Waals surface area (Å²) < 4.78 is 2.69. The molecule has 3 atom stereocenters. The summed E-state index contributed by atoms with van der Waals surface area (Å²) in [6.07, 6.45) is 1.68. The van der Waals surface area contributed by atoms with Crippen molar-refractivity contribution in [1.29, 1.82) is 0 Å². The van der Waals surface area contributed by atoms with Gasteiger partial charge in [-0.05, 0) is 0 Å². The van der Waals surface area contributed by atoms with Crippen LogP contribution in [0.3, 0.4) is 0 Å². The second-order valence-corrected chi connectivity index (χ2v) is 9.59. The summed E-state index contributed by atoms with van der Waals surface area (Å²) >= 11 is 0.338. The number of carbonyl (C=O) groups is 2. The molecule has 2 heterocycles. The first-order valence-corrected chi connectivity index (χ1v) is 11.2. The number of aliphatic carboxylic acids is 1. The van der Waals surface area contributed by atoms with Gasteiger partial charge in [0.2, 0.25) is 0 Å². The first-order valence-electron chi connectivity index (χ1n) is 8.19. The van der Waals surface area contributed by atoms with E-state index in [4.69, 9.17) is 0 Å². The summed E-state index contributed by atoms with van der Waals surface area (Å²) in [5.41, 5.74) is 0.939. The number of benzene rings is 1. The molecule has 0 unspecified atom stereocenters. The van der Waals surface area contributed by atoms with E-state index in [2.05, 4.69) is 0 Å². The Morgan fingerprint density at radius 2 is 1.96 bits per heavy atom. The maximum absolute atomic E-state index is 12.5. The Labute approximate surface area is 147 Å². The Morgan fingerprint density at radius 1 is 1.22 bits per heavy atom. The van der Waals surface area contributed by atoms with Crippen LogP contribution < -0.4 is 26.3 Å². The number of carboxylic acid groups (broad SMARTS) is 1. The average molecular weight is 427 g/mol. The number of amides is 1. The van der Waals surface area contributed by atoms with Crippen molar-refractivity contribution in [1.82, 2.24) is 4.90 Å². The molecule has 5 heteroatoms. The summed E-state index contributed by atoms with van der Waals surface area (Å²) in [4.78, 5) is 25.9.